The topological polar surface area (TPSA) is 81.9 Å². The number of aromatic nitrogens is 4. The van der Waals surface area contributed by atoms with Crippen molar-refractivity contribution >= 4 is 34.0 Å². The summed E-state index contributed by atoms with van der Waals surface area (Å²) in [5, 5.41) is 16.3. The predicted molar refractivity (Wildman–Crippen MR) is 103 cm³/mol. The van der Waals surface area contributed by atoms with Crippen molar-refractivity contribution in [2.75, 3.05) is 12.4 Å². The molecule has 1 heterocycles. The van der Waals surface area contributed by atoms with Gasteiger partial charge in [-0.05, 0) is 39.4 Å². The largest absolute Gasteiger partial charge is 0.496 e. The molecule has 3 aromatic carbocycles. The minimum Gasteiger partial charge on any atom is -0.496 e. The van der Waals surface area contributed by atoms with E-state index in [1.807, 2.05) is 42.5 Å². The molecule has 0 fully saturated rings. The number of fused-ring (bicyclic) bond motifs is 1. The minimum atomic E-state index is -0.327. The van der Waals surface area contributed by atoms with Crippen LogP contribution in [0.25, 0.3) is 16.5 Å². The zero-order valence-electron chi connectivity index (χ0n) is 14.3. The van der Waals surface area contributed by atoms with E-state index in [1.54, 1.807) is 6.07 Å². The van der Waals surface area contributed by atoms with E-state index in [1.165, 1.54) is 24.2 Å². The number of amides is 1. The van der Waals surface area contributed by atoms with E-state index in [0.717, 1.165) is 10.8 Å². The molecule has 8 heteroatoms. The molecule has 0 spiro atoms. The van der Waals surface area contributed by atoms with Crippen LogP contribution in [-0.4, -0.2) is 33.2 Å². The first kappa shape index (κ1) is 17.0. The van der Waals surface area contributed by atoms with Crippen molar-refractivity contribution in [3.63, 3.8) is 0 Å². The van der Waals surface area contributed by atoms with Crippen LogP contribution in [0.3, 0.4) is 0 Å². The minimum absolute atomic E-state index is 0.312. The number of hydrogen-bond donors (Lipinski definition) is 1. The van der Waals surface area contributed by atoms with Crippen LogP contribution in [-0.2, 0) is 0 Å². The maximum Gasteiger partial charge on any atom is 0.259 e. The number of tetrazole rings is 1. The number of halogens is 1. The monoisotopic (exact) mass is 379 g/mol. The van der Waals surface area contributed by atoms with Crippen LogP contribution in [0.4, 0.5) is 5.69 Å². The summed E-state index contributed by atoms with van der Waals surface area (Å²) in [6.45, 7) is 0. The fourth-order valence-electron chi connectivity index (χ4n) is 2.80. The number of hydrogen-bond acceptors (Lipinski definition) is 5. The molecular weight excluding hydrogens is 366 g/mol. The van der Waals surface area contributed by atoms with E-state index >= 15 is 0 Å². The van der Waals surface area contributed by atoms with Crippen molar-refractivity contribution in [2.45, 2.75) is 0 Å². The van der Waals surface area contributed by atoms with Gasteiger partial charge in [0.05, 0.1) is 23.4 Å². The molecular formula is C19H14ClN5O2. The highest BCUT2D eigenvalue weighted by molar-refractivity contribution is 6.33. The summed E-state index contributed by atoms with van der Waals surface area (Å²) in [5.41, 5.74) is 1.51. The maximum atomic E-state index is 12.8. The van der Waals surface area contributed by atoms with Gasteiger partial charge in [0.2, 0.25) is 0 Å². The Kier molecular flexibility index (Phi) is 4.43. The number of anilines is 1. The molecule has 0 radical (unpaired) electrons. The molecule has 4 rings (SSSR count). The average molecular weight is 380 g/mol. The first-order chi connectivity index (χ1) is 13.2. The summed E-state index contributed by atoms with van der Waals surface area (Å²) >= 11 is 6.32. The second kappa shape index (κ2) is 7.05. The van der Waals surface area contributed by atoms with Crippen LogP contribution in [0.2, 0.25) is 5.02 Å². The van der Waals surface area contributed by atoms with Crippen LogP contribution < -0.4 is 10.1 Å². The highest BCUT2D eigenvalue weighted by Crippen LogP contribution is 2.30. The Morgan fingerprint density at radius 2 is 1.93 bits per heavy atom. The van der Waals surface area contributed by atoms with Gasteiger partial charge in [-0.2, -0.15) is 4.68 Å². The lowest BCUT2D eigenvalue weighted by molar-refractivity contribution is 0.102. The standard InChI is InChI=1S/C19H14ClN5O2/c1-27-18-10-17(25-11-21-23-24-25)16(20)9-15(18)19(26)22-14-7-6-12-4-2-3-5-13(12)8-14/h2-11H,1H3,(H,22,26). The zero-order chi connectivity index (χ0) is 18.8. The van der Waals surface area contributed by atoms with E-state index in [2.05, 4.69) is 20.8 Å². The molecule has 0 aliphatic heterocycles. The van der Waals surface area contributed by atoms with Gasteiger partial charge in [0.1, 0.15) is 12.1 Å². The Morgan fingerprint density at radius 1 is 1.11 bits per heavy atom. The van der Waals surface area contributed by atoms with Gasteiger partial charge in [0.25, 0.3) is 5.91 Å². The molecule has 27 heavy (non-hydrogen) atoms. The van der Waals surface area contributed by atoms with Crippen LogP contribution in [0, 0.1) is 0 Å². The number of rotatable bonds is 4. The number of benzene rings is 3. The van der Waals surface area contributed by atoms with Gasteiger partial charge >= 0.3 is 0 Å². The molecule has 7 nitrogen and oxygen atoms in total. The molecule has 0 atom stereocenters. The highest BCUT2D eigenvalue weighted by Gasteiger charge is 2.17. The van der Waals surface area contributed by atoms with E-state index in [0.29, 0.717) is 27.7 Å². The second-order valence-corrected chi connectivity index (χ2v) is 6.18. The lowest BCUT2D eigenvalue weighted by atomic mass is 10.1. The summed E-state index contributed by atoms with van der Waals surface area (Å²) in [4.78, 5) is 12.8. The number of nitrogens with one attached hydrogen (secondary N) is 1. The van der Waals surface area contributed by atoms with Crippen molar-refractivity contribution in [1.29, 1.82) is 0 Å². The third-order valence-electron chi connectivity index (χ3n) is 4.12. The SMILES string of the molecule is COc1cc(-n2cnnn2)c(Cl)cc1C(=O)Nc1ccc2ccccc2c1. The number of carbonyl (C=O) groups is 1. The van der Waals surface area contributed by atoms with E-state index in [-0.39, 0.29) is 5.91 Å². The molecule has 4 aromatic rings. The molecule has 0 saturated heterocycles. The Labute approximate surface area is 159 Å². The van der Waals surface area contributed by atoms with Gasteiger partial charge in [-0.1, -0.05) is 41.9 Å². The van der Waals surface area contributed by atoms with Crippen molar-refractivity contribution in [1.82, 2.24) is 20.2 Å². The van der Waals surface area contributed by atoms with Crippen molar-refractivity contribution in [3.8, 4) is 11.4 Å². The third kappa shape index (κ3) is 3.32. The van der Waals surface area contributed by atoms with Crippen LogP contribution in [0.15, 0.2) is 60.9 Å². The molecule has 1 N–H and O–H groups in total. The average Bonchev–Trinajstić information content (AvgIpc) is 3.22. The summed E-state index contributed by atoms with van der Waals surface area (Å²) in [6, 6.07) is 16.8. The molecule has 1 amide bonds. The fraction of sp³-hybridized carbons (Fsp3) is 0.0526. The molecule has 0 saturated carbocycles. The van der Waals surface area contributed by atoms with E-state index < -0.39 is 0 Å². The van der Waals surface area contributed by atoms with Gasteiger partial charge in [-0.15, -0.1) is 5.10 Å². The third-order valence-corrected chi connectivity index (χ3v) is 4.42. The molecule has 0 bridgehead atoms. The summed E-state index contributed by atoms with van der Waals surface area (Å²) in [7, 11) is 1.49. The number of ether oxygens (including phenoxy) is 1. The lowest BCUT2D eigenvalue weighted by Gasteiger charge is -2.13. The molecule has 0 unspecified atom stereocenters. The van der Waals surface area contributed by atoms with Crippen molar-refractivity contribution < 1.29 is 9.53 Å². The van der Waals surface area contributed by atoms with Gasteiger partial charge in [-0.25, -0.2) is 0 Å². The number of carbonyl (C=O) groups excluding carboxylic acids is 1. The molecule has 1 aromatic heterocycles. The highest BCUT2D eigenvalue weighted by atomic mass is 35.5. The Balaban J connectivity index is 1.67. The lowest BCUT2D eigenvalue weighted by Crippen LogP contribution is -2.14. The molecule has 0 aliphatic carbocycles. The van der Waals surface area contributed by atoms with Gasteiger partial charge in [-0.3, -0.25) is 4.79 Å². The first-order valence-corrected chi connectivity index (χ1v) is 8.44. The molecule has 134 valence electrons. The predicted octanol–water partition coefficient (Wildman–Crippen LogP) is 3.73. The van der Waals surface area contributed by atoms with E-state index in [4.69, 9.17) is 16.3 Å². The van der Waals surface area contributed by atoms with Crippen LogP contribution in [0.1, 0.15) is 10.4 Å². The second-order valence-electron chi connectivity index (χ2n) is 5.77. The van der Waals surface area contributed by atoms with Crippen molar-refractivity contribution in [2.24, 2.45) is 0 Å². The number of nitrogens with zero attached hydrogens (tertiary/aromatic N) is 4. The van der Waals surface area contributed by atoms with E-state index in [9.17, 15) is 4.79 Å². The first-order valence-electron chi connectivity index (χ1n) is 8.07. The Bertz CT molecular complexity index is 1130. The molecule has 0 aliphatic rings. The van der Waals surface area contributed by atoms with Crippen LogP contribution >= 0.6 is 11.6 Å². The van der Waals surface area contributed by atoms with Gasteiger partial charge in [0.15, 0.2) is 0 Å². The Morgan fingerprint density at radius 3 is 2.67 bits per heavy atom. The summed E-state index contributed by atoms with van der Waals surface area (Å²) in [5.74, 6) is 0.0375. The van der Waals surface area contributed by atoms with Gasteiger partial charge in [0, 0.05) is 11.8 Å². The normalized spacial score (nSPS) is 10.7. The maximum absolute atomic E-state index is 12.8. The smallest absolute Gasteiger partial charge is 0.259 e. The number of methoxy groups -OCH3 is 1. The quantitative estimate of drug-likeness (QED) is 0.584. The Hall–Kier alpha value is -3.45. The fourth-order valence-corrected chi connectivity index (χ4v) is 3.05. The summed E-state index contributed by atoms with van der Waals surface area (Å²) in [6.07, 6.45) is 1.41. The summed E-state index contributed by atoms with van der Waals surface area (Å²) < 4.78 is 6.77. The van der Waals surface area contributed by atoms with Crippen molar-refractivity contribution in [3.05, 3.63) is 71.5 Å². The van der Waals surface area contributed by atoms with Gasteiger partial charge < -0.3 is 10.1 Å². The van der Waals surface area contributed by atoms with Crippen LogP contribution in [0.5, 0.6) is 5.75 Å². The zero-order valence-corrected chi connectivity index (χ0v) is 15.0.